The maximum atomic E-state index is 11.9. The van der Waals surface area contributed by atoms with E-state index in [0.29, 0.717) is 11.3 Å². The Hall–Kier alpha value is -1.99. The molecule has 1 heterocycles. The van der Waals surface area contributed by atoms with Crippen molar-refractivity contribution in [3.05, 3.63) is 22.5 Å². The summed E-state index contributed by atoms with van der Waals surface area (Å²) >= 11 is 0. The van der Waals surface area contributed by atoms with E-state index in [1.807, 2.05) is 0 Å². The number of hydrogen-bond acceptors (Lipinski definition) is 2. The molecule has 5 nitrogen and oxygen atoms in total. The van der Waals surface area contributed by atoms with Gasteiger partial charge in [0.1, 0.15) is 5.69 Å². The molecule has 0 aliphatic carbocycles. The number of aromatic carboxylic acids is 1. The van der Waals surface area contributed by atoms with Crippen molar-refractivity contribution in [2.75, 3.05) is 6.54 Å². The Morgan fingerprint density at radius 1 is 1.24 bits per heavy atom. The van der Waals surface area contributed by atoms with Gasteiger partial charge in [0.2, 0.25) is 0 Å². The molecule has 0 aliphatic rings. The molecule has 0 aliphatic heterocycles. The third kappa shape index (κ3) is 4.80. The number of carboxylic acids is 1. The first-order valence-corrected chi connectivity index (χ1v) is 6.41. The van der Waals surface area contributed by atoms with Crippen molar-refractivity contribution < 1.29 is 27.9 Å². The van der Waals surface area contributed by atoms with Crippen LogP contribution in [0.2, 0.25) is 0 Å². The number of aromatic amines is 1. The van der Waals surface area contributed by atoms with Crippen molar-refractivity contribution in [3.63, 3.8) is 0 Å². The lowest BCUT2D eigenvalue weighted by Gasteiger charge is -2.07. The average Bonchev–Trinajstić information content (AvgIpc) is 2.63. The van der Waals surface area contributed by atoms with Crippen molar-refractivity contribution >= 4 is 11.9 Å². The molecular weight excluding hydrogens is 289 g/mol. The van der Waals surface area contributed by atoms with Gasteiger partial charge in [0.15, 0.2) is 0 Å². The fraction of sp³-hybridized carbons (Fsp3) is 0.538. The van der Waals surface area contributed by atoms with Gasteiger partial charge >= 0.3 is 12.1 Å². The number of aryl methyl sites for hydroxylation is 1. The molecule has 1 aromatic rings. The van der Waals surface area contributed by atoms with Crippen LogP contribution < -0.4 is 5.32 Å². The molecule has 0 atom stereocenters. The highest BCUT2D eigenvalue weighted by atomic mass is 19.4. The molecule has 0 unspecified atom stereocenters. The summed E-state index contributed by atoms with van der Waals surface area (Å²) in [5.74, 6) is -1.65. The third-order valence-electron chi connectivity index (χ3n) is 3.05. The van der Waals surface area contributed by atoms with Crippen LogP contribution in [0.25, 0.3) is 0 Å². The maximum Gasteiger partial charge on any atom is 0.389 e. The average molecular weight is 306 g/mol. The predicted molar refractivity (Wildman–Crippen MR) is 69.5 cm³/mol. The fourth-order valence-electron chi connectivity index (χ4n) is 2.05. The van der Waals surface area contributed by atoms with Crippen molar-refractivity contribution in [3.8, 4) is 0 Å². The SMILES string of the molecule is Cc1[nH]c(C(=O)O)c(C)c1C(=O)NCCCCC(F)(F)F. The molecule has 0 saturated heterocycles. The second-order valence-electron chi connectivity index (χ2n) is 4.76. The second kappa shape index (κ2) is 6.64. The number of nitrogens with one attached hydrogen (secondary N) is 2. The lowest BCUT2D eigenvalue weighted by atomic mass is 10.1. The van der Waals surface area contributed by atoms with Crippen molar-refractivity contribution in [2.24, 2.45) is 0 Å². The van der Waals surface area contributed by atoms with E-state index in [4.69, 9.17) is 5.11 Å². The van der Waals surface area contributed by atoms with Crippen LogP contribution in [0, 0.1) is 13.8 Å². The molecular formula is C13H17F3N2O3. The third-order valence-corrected chi connectivity index (χ3v) is 3.05. The molecule has 0 saturated carbocycles. The molecule has 8 heteroatoms. The summed E-state index contributed by atoms with van der Waals surface area (Å²) in [6, 6.07) is 0. The molecule has 1 aromatic heterocycles. The number of amides is 1. The van der Waals surface area contributed by atoms with Crippen LogP contribution in [0.1, 0.15) is 51.4 Å². The molecule has 0 fully saturated rings. The van der Waals surface area contributed by atoms with Crippen LogP contribution in [-0.4, -0.2) is 34.7 Å². The van der Waals surface area contributed by atoms with Crippen LogP contribution in [0.3, 0.4) is 0 Å². The molecule has 0 bridgehead atoms. The van der Waals surface area contributed by atoms with Gasteiger partial charge in [-0.05, 0) is 32.3 Å². The topological polar surface area (TPSA) is 82.2 Å². The van der Waals surface area contributed by atoms with Crippen LogP contribution in [0.5, 0.6) is 0 Å². The van der Waals surface area contributed by atoms with Gasteiger partial charge in [-0.2, -0.15) is 13.2 Å². The highest BCUT2D eigenvalue weighted by molar-refractivity contribution is 6.00. The van der Waals surface area contributed by atoms with Crippen LogP contribution in [0.4, 0.5) is 13.2 Å². The number of carboxylic acid groups (broad SMARTS) is 1. The van der Waals surface area contributed by atoms with E-state index in [1.54, 1.807) is 6.92 Å². The van der Waals surface area contributed by atoms with Gasteiger partial charge in [0, 0.05) is 18.7 Å². The Balaban J connectivity index is 2.55. The molecule has 0 spiro atoms. The standard InChI is InChI=1S/C13H17F3N2O3/c1-7-9(8(2)18-10(7)12(20)21)11(19)17-6-4-3-5-13(14,15)16/h18H,3-6H2,1-2H3,(H,17,19)(H,20,21). The Bertz CT molecular complexity index is 535. The van der Waals surface area contributed by atoms with Crippen LogP contribution in [-0.2, 0) is 0 Å². The minimum Gasteiger partial charge on any atom is -0.477 e. The molecule has 1 amide bonds. The normalized spacial score (nSPS) is 11.5. The number of halogens is 3. The largest absolute Gasteiger partial charge is 0.477 e. The van der Waals surface area contributed by atoms with E-state index in [2.05, 4.69) is 10.3 Å². The highest BCUT2D eigenvalue weighted by Crippen LogP contribution is 2.22. The van der Waals surface area contributed by atoms with E-state index in [9.17, 15) is 22.8 Å². The van der Waals surface area contributed by atoms with Crippen molar-refractivity contribution in [1.29, 1.82) is 0 Å². The second-order valence-corrected chi connectivity index (χ2v) is 4.76. The summed E-state index contributed by atoms with van der Waals surface area (Å²) in [5, 5.41) is 11.4. The Morgan fingerprint density at radius 3 is 2.33 bits per heavy atom. The highest BCUT2D eigenvalue weighted by Gasteiger charge is 2.26. The van der Waals surface area contributed by atoms with E-state index in [0.717, 1.165) is 0 Å². The number of carbonyl (C=O) groups is 2. The summed E-state index contributed by atoms with van der Waals surface area (Å²) in [5.41, 5.74) is 0.892. The first-order chi connectivity index (χ1) is 9.63. The summed E-state index contributed by atoms with van der Waals surface area (Å²) < 4.78 is 35.8. The number of unbranched alkanes of at least 4 members (excludes halogenated alkanes) is 1. The first-order valence-electron chi connectivity index (χ1n) is 6.41. The Morgan fingerprint density at radius 2 is 1.86 bits per heavy atom. The van der Waals surface area contributed by atoms with Gasteiger partial charge in [-0.3, -0.25) is 4.79 Å². The van der Waals surface area contributed by atoms with Gasteiger partial charge in [-0.1, -0.05) is 0 Å². The van der Waals surface area contributed by atoms with E-state index >= 15 is 0 Å². The van der Waals surface area contributed by atoms with Gasteiger partial charge < -0.3 is 15.4 Å². The number of carbonyl (C=O) groups excluding carboxylic acids is 1. The summed E-state index contributed by atoms with van der Waals surface area (Å²) in [7, 11) is 0. The van der Waals surface area contributed by atoms with Crippen molar-refractivity contribution in [1.82, 2.24) is 10.3 Å². The number of H-pyrrole nitrogens is 1. The zero-order chi connectivity index (χ0) is 16.2. The lowest BCUT2D eigenvalue weighted by Crippen LogP contribution is -2.25. The van der Waals surface area contributed by atoms with Crippen LogP contribution in [0.15, 0.2) is 0 Å². The van der Waals surface area contributed by atoms with Gasteiger partial charge in [0.05, 0.1) is 5.56 Å². The van der Waals surface area contributed by atoms with Gasteiger partial charge in [-0.15, -0.1) is 0 Å². The first kappa shape index (κ1) is 17.1. The Labute approximate surface area is 119 Å². The molecule has 0 aromatic carbocycles. The van der Waals surface area contributed by atoms with E-state index < -0.39 is 24.5 Å². The molecule has 118 valence electrons. The molecule has 3 N–H and O–H groups in total. The Kier molecular flexibility index (Phi) is 5.40. The maximum absolute atomic E-state index is 11.9. The molecule has 1 rings (SSSR count). The predicted octanol–water partition coefficient (Wildman–Crippen LogP) is 2.79. The summed E-state index contributed by atoms with van der Waals surface area (Å²) in [4.78, 5) is 25.5. The van der Waals surface area contributed by atoms with E-state index in [-0.39, 0.29) is 30.6 Å². The quantitative estimate of drug-likeness (QED) is 0.707. The molecule has 21 heavy (non-hydrogen) atoms. The lowest BCUT2D eigenvalue weighted by molar-refractivity contribution is -0.135. The minimum absolute atomic E-state index is 0.0603. The zero-order valence-corrected chi connectivity index (χ0v) is 11.7. The van der Waals surface area contributed by atoms with Crippen LogP contribution >= 0.6 is 0 Å². The zero-order valence-electron chi connectivity index (χ0n) is 11.7. The molecule has 0 radical (unpaired) electrons. The van der Waals surface area contributed by atoms with E-state index in [1.165, 1.54) is 6.92 Å². The van der Waals surface area contributed by atoms with Gasteiger partial charge in [-0.25, -0.2) is 4.79 Å². The fourth-order valence-corrected chi connectivity index (χ4v) is 2.05. The summed E-state index contributed by atoms with van der Waals surface area (Å²) in [6.07, 6.45) is -4.92. The number of hydrogen-bond donors (Lipinski definition) is 3. The van der Waals surface area contributed by atoms with Gasteiger partial charge in [0.25, 0.3) is 5.91 Å². The monoisotopic (exact) mass is 306 g/mol. The smallest absolute Gasteiger partial charge is 0.389 e. The minimum atomic E-state index is -4.19. The number of aromatic nitrogens is 1. The number of alkyl halides is 3. The van der Waals surface area contributed by atoms with Crippen molar-refractivity contribution in [2.45, 2.75) is 39.3 Å². The number of rotatable bonds is 6. The summed E-state index contributed by atoms with van der Waals surface area (Å²) in [6.45, 7) is 3.19.